The minimum absolute atomic E-state index is 0.132. The lowest BCUT2D eigenvalue weighted by Crippen LogP contribution is -2.32. The van der Waals surface area contributed by atoms with Gasteiger partial charge in [-0.15, -0.1) is 0 Å². The fourth-order valence-corrected chi connectivity index (χ4v) is 1.63. The molecular weight excluding hydrogens is 276 g/mol. The topological polar surface area (TPSA) is 124 Å². The number of pyridine rings is 1. The Morgan fingerprint density at radius 1 is 1.48 bits per heavy atom. The number of nitrogens with one attached hydrogen (secondary N) is 2. The lowest BCUT2D eigenvalue weighted by atomic mass is 10.3. The standard InChI is InChI=1S/C12H14N6O3/c1-7-14-9(17-16-7)6-18(2)12(21)15-8-4-3-5-13-10(8)11(19)20/h3-5H,6H2,1-2H3,(H,15,21)(H,19,20)(H,14,16,17). The largest absolute Gasteiger partial charge is 0.476 e. The maximum atomic E-state index is 12.0. The molecule has 0 aliphatic rings. The van der Waals surface area contributed by atoms with Crippen molar-refractivity contribution in [3.05, 3.63) is 35.7 Å². The van der Waals surface area contributed by atoms with Gasteiger partial charge >= 0.3 is 12.0 Å². The van der Waals surface area contributed by atoms with Crippen LogP contribution < -0.4 is 5.32 Å². The zero-order chi connectivity index (χ0) is 15.4. The number of aromatic carboxylic acids is 1. The molecule has 9 nitrogen and oxygen atoms in total. The van der Waals surface area contributed by atoms with E-state index in [9.17, 15) is 9.59 Å². The second-order valence-corrected chi connectivity index (χ2v) is 4.33. The van der Waals surface area contributed by atoms with Crippen molar-refractivity contribution in [2.75, 3.05) is 12.4 Å². The number of aromatic nitrogens is 4. The predicted molar refractivity (Wildman–Crippen MR) is 72.8 cm³/mol. The van der Waals surface area contributed by atoms with Gasteiger partial charge in [-0.25, -0.2) is 19.6 Å². The predicted octanol–water partition coefficient (Wildman–Crippen LogP) is 0.870. The molecule has 2 heterocycles. The molecule has 2 amide bonds. The Kier molecular flexibility index (Phi) is 4.12. The van der Waals surface area contributed by atoms with Crippen molar-refractivity contribution in [2.24, 2.45) is 0 Å². The van der Waals surface area contributed by atoms with E-state index < -0.39 is 12.0 Å². The molecule has 0 radical (unpaired) electrons. The van der Waals surface area contributed by atoms with Crippen molar-refractivity contribution in [1.29, 1.82) is 0 Å². The van der Waals surface area contributed by atoms with Gasteiger partial charge in [-0.3, -0.25) is 5.10 Å². The smallest absolute Gasteiger partial charge is 0.356 e. The lowest BCUT2D eigenvalue weighted by molar-refractivity contribution is 0.0691. The van der Waals surface area contributed by atoms with E-state index in [1.54, 1.807) is 20.0 Å². The summed E-state index contributed by atoms with van der Waals surface area (Å²) in [5.41, 5.74) is -0.0824. The van der Waals surface area contributed by atoms with E-state index in [-0.39, 0.29) is 17.9 Å². The van der Waals surface area contributed by atoms with Gasteiger partial charge in [0.1, 0.15) is 5.82 Å². The van der Waals surface area contributed by atoms with E-state index in [0.717, 1.165) is 0 Å². The highest BCUT2D eigenvalue weighted by Gasteiger charge is 2.16. The zero-order valence-corrected chi connectivity index (χ0v) is 11.5. The van der Waals surface area contributed by atoms with Gasteiger partial charge in [0.2, 0.25) is 0 Å². The molecule has 0 spiro atoms. The fourth-order valence-electron chi connectivity index (χ4n) is 1.63. The molecular formula is C12H14N6O3. The van der Waals surface area contributed by atoms with Crippen molar-refractivity contribution in [1.82, 2.24) is 25.1 Å². The van der Waals surface area contributed by atoms with Gasteiger partial charge in [-0.2, -0.15) is 5.10 Å². The second-order valence-electron chi connectivity index (χ2n) is 4.33. The Balaban J connectivity index is 2.05. The van der Waals surface area contributed by atoms with E-state index in [1.807, 2.05) is 0 Å². The van der Waals surface area contributed by atoms with Crippen LogP contribution in [-0.4, -0.2) is 49.2 Å². The molecule has 0 fully saturated rings. The second kappa shape index (κ2) is 5.99. The van der Waals surface area contributed by atoms with Crippen LogP contribution >= 0.6 is 0 Å². The average molecular weight is 290 g/mol. The van der Waals surface area contributed by atoms with Crippen LogP contribution in [0.5, 0.6) is 0 Å². The first-order chi connectivity index (χ1) is 9.97. The maximum Gasteiger partial charge on any atom is 0.356 e. The number of anilines is 1. The minimum atomic E-state index is -1.21. The summed E-state index contributed by atoms with van der Waals surface area (Å²) in [6, 6.07) is 2.53. The number of aromatic amines is 1. The number of hydrogen-bond donors (Lipinski definition) is 3. The van der Waals surface area contributed by atoms with Crippen molar-refractivity contribution in [2.45, 2.75) is 13.5 Å². The number of H-pyrrole nitrogens is 1. The third-order valence-corrected chi connectivity index (χ3v) is 2.62. The summed E-state index contributed by atoms with van der Waals surface area (Å²) in [5.74, 6) is -0.0906. The lowest BCUT2D eigenvalue weighted by Gasteiger charge is -2.16. The first-order valence-corrected chi connectivity index (χ1v) is 6.05. The van der Waals surface area contributed by atoms with Gasteiger partial charge in [0, 0.05) is 13.2 Å². The Bertz CT molecular complexity index is 669. The number of carbonyl (C=O) groups excluding carboxylic acids is 1. The van der Waals surface area contributed by atoms with E-state index in [0.29, 0.717) is 11.6 Å². The summed E-state index contributed by atoms with van der Waals surface area (Å²) < 4.78 is 0. The van der Waals surface area contributed by atoms with E-state index in [4.69, 9.17) is 5.11 Å². The van der Waals surface area contributed by atoms with Crippen LogP contribution in [0.15, 0.2) is 18.3 Å². The molecule has 9 heteroatoms. The maximum absolute atomic E-state index is 12.0. The number of carbonyl (C=O) groups is 2. The van der Waals surface area contributed by atoms with Crippen LogP contribution in [0.3, 0.4) is 0 Å². The number of carboxylic acids is 1. The Hall–Kier alpha value is -2.97. The normalized spacial score (nSPS) is 10.2. The molecule has 0 aliphatic heterocycles. The SMILES string of the molecule is Cc1nc(CN(C)C(=O)Nc2cccnc2C(=O)O)n[nH]1. The minimum Gasteiger partial charge on any atom is -0.476 e. The first kappa shape index (κ1) is 14.4. The van der Waals surface area contributed by atoms with Gasteiger partial charge in [0.05, 0.1) is 12.2 Å². The highest BCUT2D eigenvalue weighted by molar-refractivity contribution is 5.98. The average Bonchev–Trinajstić information content (AvgIpc) is 2.84. The van der Waals surface area contributed by atoms with Crippen molar-refractivity contribution in [3.63, 3.8) is 0 Å². The third kappa shape index (κ3) is 3.53. The summed E-state index contributed by atoms with van der Waals surface area (Å²) in [5, 5.41) is 18.1. The molecule has 0 aliphatic carbocycles. The van der Waals surface area contributed by atoms with Crippen LogP contribution in [0.4, 0.5) is 10.5 Å². The number of urea groups is 1. The summed E-state index contributed by atoms with van der Waals surface area (Å²) >= 11 is 0. The van der Waals surface area contributed by atoms with Crippen molar-refractivity contribution >= 4 is 17.7 Å². The highest BCUT2D eigenvalue weighted by atomic mass is 16.4. The fraction of sp³-hybridized carbons (Fsp3) is 0.250. The van der Waals surface area contributed by atoms with Crippen LogP contribution in [-0.2, 0) is 6.54 Å². The van der Waals surface area contributed by atoms with E-state index >= 15 is 0 Å². The molecule has 2 rings (SSSR count). The first-order valence-electron chi connectivity index (χ1n) is 6.05. The molecule has 0 atom stereocenters. The van der Waals surface area contributed by atoms with E-state index in [1.165, 1.54) is 17.2 Å². The molecule has 0 aromatic carbocycles. The molecule has 0 bridgehead atoms. The summed E-state index contributed by atoms with van der Waals surface area (Å²) in [6.07, 6.45) is 1.35. The van der Waals surface area contributed by atoms with Gasteiger partial charge in [-0.05, 0) is 19.1 Å². The Labute approximate surface area is 120 Å². The number of hydrogen-bond acceptors (Lipinski definition) is 5. The molecule has 21 heavy (non-hydrogen) atoms. The van der Waals surface area contributed by atoms with Crippen LogP contribution in [0.2, 0.25) is 0 Å². The molecule has 0 saturated carbocycles. The monoisotopic (exact) mass is 290 g/mol. The molecule has 0 saturated heterocycles. The van der Waals surface area contributed by atoms with Gasteiger partial charge in [-0.1, -0.05) is 0 Å². The highest BCUT2D eigenvalue weighted by Crippen LogP contribution is 2.13. The summed E-state index contributed by atoms with van der Waals surface area (Å²) in [4.78, 5) is 32.2. The van der Waals surface area contributed by atoms with Crippen LogP contribution in [0.1, 0.15) is 22.1 Å². The molecule has 2 aromatic heterocycles. The number of amides is 2. The summed E-state index contributed by atoms with van der Waals surface area (Å²) in [7, 11) is 1.55. The number of rotatable bonds is 4. The Morgan fingerprint density at radius 3 is 2.86 bits per heavy atom. The molecule has 110 valence electrons. The molecule has 0 unspecified atom stereocenters. The van der Waals surface area contributed by atoms with Crippen LogP contribution in [0.25, 0.3) is 0 Å². The third-order valence-electron chi connectivity index (χ3n) is 2.62. The molecule has 3 N–H and O–H groups in total. The zero-order valence-electron chi connectivity index (χ0n) is 11.5. The molecule has 2 aromatic rings. The summed E-state index contributed by atoms with van der Waals surface area (Å²) in [6.45, 7) is 1.95. The van der Waals surface area contributed by atoms with Gasteiger partial charge in [0.15, 0.2) is 11.5 Å². The number of carboxylic acid groups (broad SMARTS) is 1. The van der Waals surface area contributed by atoms with Gasteiger partial charge < -0.3 is 15.3 Å². The Morgan fingerprint density at radius 2 is 2.24 bits per heavy atom. The van der Waals surface area contributed by atoms with Gasteiger partial charge in [0.25, 0.3) is 0 Å². The number of nitrogens with zero attached hydrogens (tertiary/aromatic N) is 4. The van der Waals surface area contributed by atoms with Crippen LogP contribution in [0, 0.1) is 6.92 Å². The van der Waals surface area contributed by atoms with Crippen molar-refractivity contribution < 1.29 is 14.7 Å². The number of aryl methyl sites for hydroxylation is 1. The van der Waals surface area contributed by atoms with Crippen molar-refractivity contribution in [3.8, 4) is 0 Å². The van der Waals surface area contributed by atoms with E-state index in [2.05, 4.69) is 25.5 Å². The quantitative estimate of drug-likeness (QED) is 0.767.